The Kier molecular flexibility index (Phi) is 5.35. The van der Waals surface area contributed by atoms with Crippen molar-refractivity contribution >= 4 is 29.1 Å². The van der Waals surface area contributed by atoms with E-state index in [4.69, 9.17) is 20.8 Å². The van der Waals surface area contributed by atoms with Crippen molar-refractivity contribution in [3.63, 3.8) is 0 Å². The molecule has 0 fully saturated rings. The first-order valence-corrected chi connectivity index (χ1v) is 8.52. The molecule has 0 aliphatic heterocycles. The number of Topliss-reactive ketones (excluding diaryl/α,β-unsaturated/α-hetero) is 1. The minimum atomic E-state index is -0.582. The van der Waals surface area contributed by atoms with Gasteiger partial charge in [-0.15, -0.1) is 10.2 Å². The maximum atomic E-state index is 13.7. The molecule has 25 heavy (non-hydrogen) atoms. The third-order valence-corrected chi connectivity index (χ3v) is 4.37. The minimum Gasteiger partial charge on any atom is -0.494 e. The van der Waals surface area contributed by atoms with E-state index in [0.717, 1.165) is 23.4 Å². The highest BCUT2D eigenvalue weighted by atomic mass is 35.5. The molecule has 0 aliphatic carbocycles. The van der Waals surface area contributed by atoms with Crippen molar-refractivity contribution in [2.45, 2.75) is 5.22 Å². The predicted octanol–water partition coefficient (Wildman–Crippen LogP) is 4.51. The van der Waals surface area contributed by atoms with Gasteiger partial charge in [0.15, 0.2) is 17.3 Å². The number of carbonyl (C=O) groups is 1. The van der Waals surface area contributed by atoms with Gasteiger partial charge in [-0.25, -0.2) is 4.39 Å². The number of thioether (sulfide) groups is 1. The van der Waals surface area contributed by atoms with Crippen molar-refractivity contribution in [3.05, 3.63) is 58.9 Å². The summed E-state index contributed by atoms with van der Waals surface area (Å²) >= 11 is 6.92. The maximum absolute atomic E-state index is 13.7. The van der Waals surface area contributed by atoms with E-state index in [2.05, 4.69) is 10.2 Å². The van der Waals surface area contributed by atoms with Crippen LogP contribution in [-0.2, 0) is 0 Å². The second-order valence-electron chi connectivity index (χ2n) is 4.94. The molecule has 3 rings (SSSR count). The van der Waals surface area contributed by atoms with Crippen molar-refractivity contribution < 1.29 is 18.3 Å². The van der Waals surface area contributed by atoms with Crippen LogP contribution in [0.3, 0.4) is 0 Å². The fourth-order valence-electron chi connectivity index (χ4n) is 2.03. The van der Waals surface area contributed by atoms with E-state index in [1.807, 2.05) is 0 Å². The zero-order valence-electron chi connectivity index (χ0n) is 13.0. The number of ketones is 1. The molecule has 1 aromatic heterocycles. The van der Waals surface area contributed by atoms with Crippen LogP contribution in [0, 0.1) is 5.82 Å². The number of halogens is 2. The van der Waals surface area contributed by atoms with Crippen LogP contribution in [0.4, 0.5) is 4.39 Å². The molecule has 1 heterocycles. The van der Waals surface area contributed by atoms with Gasteiger partial charge in [0.1, 0.15) is 0 Å². The summed E-state index contributed by atoms with van der Waals surface area (Å²) in [5.74, 6) is -0.358. The quantitative estimate of drug-likeness (QED) is 0.464. The van der Waals surface area contributed by atoms with Gasteiger partial charge in [0.25, 0.3) is 5.22 Å². The van der Waals surface area contributed by atoms with Crippen LogP contribution < -0.4 is 4.74 Å². The van der Waals surface area contributed by atoms with E-state index in [0.29, 0.717) is 10.9 Å². The highest BCUT2D eigenvalue weighted by Gasteiger charge is 2.14. The van der Waals surface area contributed by atoms with Gasteiger partial charge in [-0.3, -0.25) is 4.79 Å². The number of hydrogen-bond acceptors (Lipinski definition) is 6. The van der Waals surface area contributed by atoms with Crippen LogP contribution in [0.15, 0.2) is 52.1 Å². The molecular formula is C17H12ClFN2O3S. The van der Waals surface area contributed by atoms with Crippen molar-refractivity contribution in [2.24, 2.45) is 0 Å². The molecule has 3 aromatic rings. The normalized spacial score (nSPS) is 10.7. The second-order valence-corrected chi connectivity index (χ2v) is 6.30. The Morgan fingerprint density at radius 1 is 1.24 bits per heavy atom. The third kappa shape index (κ3) is 4.18. The zero-order valence-corrected chi connectivity index (χ0v) is 14.6. The Balaban J connectivity index is 1.65. The lowest BCUT2D eigenvalue weighted by Gasteiger charge is -2.03. The number of hydrogen-bond donors (Lipinski definition) is 0. The average molecular weight is 379 g/mol. The van der Waals surface area contributed by atoms with E-state index in [1.54, 1.807) is 24.3 Å². The van der Waals surface area contributed by atoms with E-state index >= 15 is 0 Å². The lowest BCUT2D eigenvalue weighted by Crippen LogP contribution is -2.03. The molecule has 0 bridgehead atoms. The van der Waals surface area contributed by atoms with Gasteiger partial charge in [0, 0.05) is 16.1 Å². The van der Waals surface area contributed by atoms with Crippen LogP contribution >= 0.6 is 23.4 Å². The van der Waals surface area contributed by atoms with Gasteiger partial charge < -0.3 is 9.15 Å². The highest BCUT2D eigenvalue weighted by Crippen LogP contribution is 2.25. The number of ether oxygens (including phenoxy) is 1. The smallest absolute Gasteiger partial charge is 0.277 e. The summed E-state index contributed by atoms with van der Waals surface area (Å²) in [5, 5.41) is 8.69. The maximum Gasteiger partial charge on any atom is 0.277 e. The molecule has 0 spiro atoms. The summed E-state index contributed by atoms with van der Waals surface area (Å²) in [5.41, 5.74) is 0.982. The fraction of sp³-hybridized carbons (Fsp3) is 0.118. The van der Waals surface area contributed by atoms with Gasteiger partial charge in [0.2, 0.25) is 5.89 Å². The summed E-state index contributed by atoms with van der Waals surface area (Å²) in [6, 6.07) is 11.0. The molecule has 5 nitrogen and oxygen atoms in total. The second kappa shape index (κ2) is 7.67. The number of aromatic nitrogens is 2. The van der Waals surface area contributed by atoms with Gasteiger partial charge in [-0.1, -0.05) is 23.4 Å². The third-order valence-electron chi connectivity index (χ3n) is 3.30. The summed E-state index contributed by atoms with van der Waals surface area (Å²) in [6.45, 7) is 0. The van der Waals surface area contributed by atoms with Crippen molar-refractivity contribution in [1.29, 1.82) is 0 Å². The molecule has 0 unspecified atom stereocenters. The summed E-state index contributed by atoms with van der Waals surface area (Å²) in [6.07, 6.45) is 0. The number of rotatable bonds is 6. The standard InChI is InChI=1S/C17H12ClFN2O3S/c1-23-15-7-4-11(8-13(15)19)14(22)9-25-17-21-20-16(24-17)10-2-5-12(18)6-3-10/h2-8H,9H2,1H3. The van der Waals surface area contributed by atoms with Crippen LogP contribution in [0.5, 0.6) is 5.75 Å². The van der Waals surface area contributed by atoms with Gasteiger partial charge in [-0.05, 0) is 42.5 Å². The molecule has 2 aromatic carbocycles. The first-order chi connectivity index (χ1) is 12.1. The van der Waals surface area contributed by atoms with E-state index < -0.39 is 5.82 Å². The molecule has 0 saturated heterocycles. The van der Waals surface area contributed by atoms with Gasteiger partial charge in [-0.2, -0.15) is 0 Å². The number of benzene rings is 2. The first-order valence-electron chi connectivity index (χ1n) is 7.16. The lowest BCUT2D eigenvalue weighted by atomic mass is 10.1. The predicted molar refractivity (Wildman–Crippen MR) is 92.8 cm³/mol. The Hall–Kier alpha value is -2.38. The molecule has 0 radical (unpaired) electrons. The van der Waals surface area contributed by atoms with E-state index in [-0.39, 0.29) is 28.1 Å². The summed E-state index contributed by atoms with van der Waals surface area (Å²) in [7, 11) is 1.36. The Labute approximate surface area is 152 Å². The summed E-state index contributed by atoms with van der Waals surface area (Å²) in [4.78, 5) is 12.2. The van der Waals surface area contributed by atoms with Gasteiger partial charge in [0.05, 0.1) is 12.9 Å². The Morgan fingerprint density at radius 3 is 2.68 bits per heavy atom. The molecule has 0 N–H and O–H groups in total. The Bertz CT molecular complexity index is 899. The largest absolute Gasteiger partial charge is 0.494 e. The SMILES string of the molecule is COc1ccc(C(=O)CSc2nnc(-c3ccc(Cl)cc3)o2)cc1F. The Morgan fingerprint density at radius 2 is 2.00 bits per heavy atom. The van der Waals surface area contributed by atoms with Crippen LogP contribution in [0.1, 0.15) is 10.4 Å². The molecule has 128 valence electrons. The van der Waals surface area contributed by atoms with Crippen LogP contribution in [0.2, 0.25) is 5.02 Å². The first kappa shape index (κ1) is 17.4. The van der Waals surface area contributed by atoms with Crippen molar-refractivity contribution in [2.75, 3.05) is 12.9 Å². The van der Waals surface area contributed by atoms with E-state index in [1.165, 1.54) is 19.2 Å². The van der Waals surface area contributed by atoms with Gasteiger partial charge >= 0.3 is 0 Å². The van der Waals surface area contributed by atoms with Crippen LogP contribution in [0.25, 0.3) is 11.5 Å². The molecular weight excluding hydrogens is 367 g/mol. The molecule has 0 saturated carbocycles. The molecule has 0 aliphatic rings. The molecule has 0 atom stereocenters. The minimum absolute atomic E-state index is 0.0496. The van der Waals surface area contributed by atoms with Crippen molar-refractivity contribution in [3.8, 4) is 17.2 Å². The fourth-order valence-corrected chi connectivity index (χ4v) is 2.81. The van der Waals surface area contributed by atoms with E-state index in [9.17, 15) is 9.18 Å². The number of methoxy groups -OCH3 is 1. The zero-order chi connectivity index (χ0) is 17.8. The number of carbonyl (C=O) groups excluding carboxylic acids is 1. The van der Waals surface area contributed by atoms with Crippen molar-refractivity contribution in [1.82, 2.24) is 10.2 Å². The summed E-state index contributed by atoms with van der Waals surface area (Å²) < 4.78 is 24.0. The highest BCUT2D eigenvalue weighted by molar-refractivity contribution is 7.99. The number of nitrogens with zero attached hydrogens (tertiary/aromatic N) is 2. The topological polar surface area (TPSA) is 65.2 Å². The average Bonchev–Trinajstić information content (AvgIpc) is 3.09. The monoisotopic (exact) mass is 378 g/mol. The van der Waals surface area contributed by atoms with Crippen LogP contribution in [-0.4, -0.2) is 28.8 Å². The lowest BCUT2D eigenvalue weighted by molar-refractivity contribution is 0.102. The molecule has 0 amide bonds. The molecule has 8 heteroatoms.